The number of halogens is 1. The van der Waals surface area contributed by atoms with Gasteiger partial charge in [0.15, 0.2) is 5.11 Å². The largest absolute Gasteiger partial charge is 0.453 e. The monoisotopic (exact) mass is 392 g/mol. The number of likely N-dealkylation sites (N-methyl/N-ethyl adjacent to an activating group) is 1. The second-order valence-corrected chi connectivity index (χ2v) is 6.06. The summed E-state index contributed by atoms with van der Waals surface area (Å²) in [7, 11) is 4.87. The van der Waals surface area contributed by atoms with E-state index in [-0.39, 0.29) is 30.0 Å². The van der Waals surface area contributed by atoms with Gasteiger partial charge in [0.1, 0.15) is 0 Å². The fraction of sp³-hybridized carbons (Fsp3) is 0.357. The van der Waals surface area contributed by atoms with Crippen molar-refractivity contribution < 1.29 is 14.3 Å². The molecule has 0 heterocycles. The average molecular weight is 393 g/mol. The molecule has 0 aliphatic rings. The summed E-state index contributed by atoms with van der Waals surface area (Å²) < 4.78 is 4.48. The number of amides is 2. The molecule has 0 spiro atoms. The van der Waals surface area contributed by atoms with Crippen LogP contribution in [0.1, 0.15) is 0 Å². The molecular weight excluding hydrogens is 372 g/mol. The number of carbonyl (C=O) groups is 2. The molecule has 0 aromatic heterocycles. The van der Waals surface area contributed by atoms with Crippen LogP contribution in [0.4, 0.5) is 16.2 Å². The molecule has 1 aromatic carbocycles. The van der Waals surface area contributed by atoms with E-state index in [2.05, 4.69) is 20.7 Å². The molecule has 3 N–H and O–H groups in total. The number of thiocarbonyl (C=S) groups is 1. The molecule has 0 aliphatic heterocycles. The number of anilines is 2. The van der Waals surface area contributed by atoms with E-state index in [0.717, 1.165) is 4.90 Å². The lowest BCUT2D eigenvalue weighted by Crippen LogP contribution is -2.34. The van der Waals surface area contributed by atoms with Crippen LogP contribution in [-0.4, -0.2) is 56.0 Å². The minimum absolute atomic E-state index is 0. The minimum atomic E-state index is -0.665. The van der Waals surface area contributed by atoms with Gasteiger partial charge in [-0.15, -0.1) is 24.2 Å². The van der Waals surface area contributed by atoms with Crippen LogP contribution >= 0.6 is 36.4 Å². The first kappa shape index (κ1) is 22.4. The van der Waals surface area contributed by atoms with Crippen molar-refractivity contribution >= 4 is 64.9 Å². The molecule has 1 rings (SSSR count). The fourth-order valence-corrected chi connectivity index (χ4v) is 2.27. The van der Waals surface area contributed by atoms with Crippen molar-refractivity contribution in [3.63, 3.8) is 0 Å². The van der Waals surface area contributed by atoms with Crippen molar-refractivity contribution in [1.29, 1.82) is 0 Å². The number of thioether (sulfide) groups is 1. The lowest BCUT2D eigenvalue weighted by Gasteiger charge is -2.16. The zero-order valence-electron chi connectivity index (χ0n) is 13.8. The van der Waals surface area contributed by atoms with Crippen LogP contribution in [0, 0.1) is 0 Å². The third kappa shape index (κ3) is 7.82. The Morgan fingerprint density at radius 1 is 1.25 bits per heavy atom. The summed E-state index contributed by atoms with van der Waals surface area (Å²) in [6.45, 7) is 0.258. The van der Waals surface area contributed by atoms with Crippen LogP contribution < -0.4 is 16.0 Å². The number of hydrogen-bond donors (Lipinski definition) is 3. The molecule has 0 unspecified atom stereocenters. The maximum atomic E-state index is 12.0. The number of rotatable bonds is 5. The maximum absolute atomic E-state index is 12.0. The third-order valence-electron chi connectivity index (χ3n) is 2.61. The van der Waals surface area contributed by atoms with Crippen LogP contribution in [0.15, 0.2) is 23.1 Å². The van der Waals surface area contributed by atoms with Gasteiger partial charge in [-0.3, -0.25) is 10.1 Å². The number of alkyl carbamates (subject to hydrolysis) is 1. The SMILES string of the molecule is COC(=O)NC(=S)Nc1ccc(SC)cc1NC(=O)CN(C)C.Cl. The Hall–Kier alpha value is -1.55. The molecule has 0 aliphatic carbocycles. The van der Waals surface area contributed by atoms with Gasteiger partial charge in [0.2, 0.25) is 5.91 Å². The molecule has 7 nitrogen and oxygen atoms in total. The van der Waals surface area contributed by atoms with Crippen molar-refractivity contribution in [2.75, 3.05) is 44.6 Å². The normalized spacial score (nSPS) is 9.71. The first-order chi connectivity index (χ1) is 10.8. The zero-order valence-corrected chi connectivity index (χ0v) is 16.3. The van der Waals surface area contributed by atoms with E-state index in [9.17, 15) is 9.59 Å². The molecule has 2 amide bonds. The molecule has 24 heavy (non-hydrogen) atoms. The molecule has 1 aromatic rings. The van der Waals surface area contributed by atoms with E-state index in [0.29, 0.717) is 11.4 Å². The number of nitrogens with zero attached hydrogens (tertiary/aromatic N) is 1. The maximum Gasteiger partial charge on any atom is 0.413 e. The van der Waals surface area contributed by atoms with Crippen LogP contribution in [0.3, 0.4) is 0 Å². The Morgan fingerprint density at radius 2 is 1.92 bits per heavy atom. The summed E-state index contributed by atoms with van der Waals surface area (Å²) >= 11 is 6.59. The van der Waals surface area contributed by atoms with Crippen molar-refractivity contribution in [2.45, 2.75) is 4.90 Å². The lowest BCUT2D eigenvalue weighted by atomic mass is 10.2. The summed E-state index contributed by atoms with van der Waals surface area (Å²) in [4.78, 5) is 25.9. The van der Waals surface area contributed by atoms with E-state index < -0.39 is 6.09 Å². The number of carbonyl (C=O) groups excluding carboxylic acids is 2. The Morgan fingerprint density at radius 3 is 2.46 bits per heavy atom. The van der Waals surface area contributed by atoms with Crippen molar-refractivity contribution in [2.24, 2.45) is 0 Å². The van der Waals surface area contributed by atoms with Crippen LogP contribution in [0.25, 0.3) is 0 Å². The van der Waals surface area contributed by atoms with Gasteiger partial charge >= 0.3 is 6.09 Å². The predicted molar refractivity (Wildman–Crippen MR) is 104 cm³/mol. The van der Waals surface area contributed by atoms with E-state index in [1.54, 1.807) is 22.7 Å². The van der Waals surface area contributed by atoms with Gasteiger partial charge in [-0.1, -0.05) is 0 Å². The van der Waals surface area contributed by atoms with Crippen LogP contribution in [0.5, 0.6) is 0 Å². The Labute approximate surface area is 157 Å². The molecule has 134 valence electrons. The van der Waals surface area contributed by atoms with Crippen molar-refractivity contribution in [1.82, 2.24) is 10.2 Å². The number of ether oxygens (including phenoxy) is 1. The van der Waals surface area contributed by atoms with Crippen molar-refractivity contribution in [3.8, 4) is 0 Å². The van der Waals surface area contributed by atoms with Crippen LogP contribution in [-0.2, 0) is 9.53 Å². The summed E-state index contributed by atoms with van der Waals surface area (Å²) in [5.74, 6) is -0.150. The topological polar surface area (TPSA) is 82.7 Å². The van der Waals surface area contributed by atoms with Gasteiger partial charge < -0.3 is 20.3 Å². The number of hydrogen-bond acceptors (Lipinski definition) is 6. The zero-order chi connectivity index (χ0) is 17.4. The number of benzene rings is 1. The van der Waals surface area contributed by atoms with Crippen molar-refractivity contribution in [3.05, 3.63) is 18.2 Å². The summed E-state index contributed by atoms with van der Waals surface area (Å²) in [6, 6.07) is 5.50. The van der Waals surface area contributed by atoms with E-state index in [1.807, 2.05) is 32.5 Å². The van der Waals surface area contributed by atoms with Gasteiger partial charge in [-0.05, 0) is 50.8 Å². The summed E-state index contributed by atoms with van der Waals surface area (Å²) in [6.07, 6.45) is 1.28. The molecule has 10 heteroatoms. The standard InChI is InChI=1S/C14H20N4O3S2.ClH/c1-18(2)8-12(19)15-11-7-9(23-4)5-6-10(11)16-13(22)17-14(20)21-3;/h5-7H,8H2,1-4H3,(H,15,19)(H2,16,17,20,22);1H. The lowest BCUT2D eigenvalue weighted by molar-refractivity contribution is -0.116. The fourth-order valence-electron chi connectivity index (χ4n) is 1.64. The Balaban J connectivity index is 0.00000529. The third-order valence-corrected chi connectivity index (χ3v) is 3.54. The minimum Gasteiger partial charge on any atom is -0.453 e. The highest BCUT2D eigenvalue weighted by Crippen LogP contribution is 2.27. The van der Waals surface area contributed by atoms with E-state index in [1.165, 1.54) is 7.11 Å². The highest BCUT2D eigenvalue weighted by Gasteiger charge is 2.11. The quantitative estimate of drug-likeness (QED) is 0.524. The summed E-state index contributed by atoms with van der Waals surface area (Å²) in [5.41, 5.74) is 1.16. The molecule has 0 bridgehead atoms. The van der Waals surface area contributed by atoms with Gasteiger partial charge in [0.05, 0.1) is 25.0 Å². The molecule has 0 fully saturated rings. The predicted octanol–water partition coefficient (Wildman–Crippen LogP) is 2.38. The average Bonchev–Trinajstić information content (AvgIpc) is 2.47. The van der Waals surface area contributed by atoms with Gasteiger partial charge in [-0.25, -0.2) is 4.79 Å². The number of nitrogens with one attached hydrogen (secondary N) is 3. The molecular formula is C14H21ClN4O3S2. The van der Waals surface area contributed by atoms with E-state index in [4.69, 9.17) is 12.2 Å². The summed E-state index contributed by atoms with van der Waals surface area (Å²) in [5, 5.41) is 8.13. The second kappa shape index (κ2) is 11.1. The highest BCUT2D eigenvalue weighted by molar-refractivity contribution is 7.98. The van der Waals surface area contributed by atoms with Crippen LogP contribution in [0.2, 0.25) is 0 Å². The Kier molecular flexibility index (Phi) is 10.4. The number of methoxy groups -OCH3 is 1. The van der Waals surface area contributed by atoms with Gasteiger partial charge in [0.25, 0.3) is 0 Å². The first-order valence-electron chi connectivity index (χ1n) is 6.64. The molecule has 0 atom stereocenters. The smallest absolute Gasteiger partial charge is 0.413 e. The highest BCUT2D eigenvalue weighted by atomic mass is 35.5. The van der Waals surface area contributed by atoms with Gasteiger partial charge in [-0.2, -0.15) is 0 Å². The molecule has 0 saturated heterocycles. The van der Waals surface area contributed by atoms with E-state index >= 15 is 0 Å². The second-order valence-electron chi connectivity index (χ2n) is 4.77. The van der Waals surface area contributed by atoms with Gasteiger partial charge in [0, 0.05) is 4.90 Å². The molecule has 0 radical (unpaired) electrons. The molecule has 0 saturated carbocycles. The Bertz CT molecular complexity index is 599. The first-order valence-corrected chi connectivity index (χ1v) is 8.27.